The lowest BCUT2D eigenvalue weighted by atomic mass is 10.0. The van der Waals surface area contributed by atoms with Crippen LogP contribution in [0.15, 0.2) is 53.1 Å². The predicted molar refractivity (Wildman–Crippen MR) is 89.4 cm³/mol. The molecular formula is C17H18N2O3S. The molecule has 1 heterocycles. The summed E-state index contributed by atoms with van der Waals surface area (Å²) in [6.45, 7) is 3.58. The summed E-state index contributed by atoms with van der Waals surface area (Å²) in [6, 6.07) is 15.2. The Kier molecular flexibility index (Phi) is 4.19. The Labute approximate surface area is 135 Å². The fourth-order valence-electron chi connectivity index (χ4n) is 2.53. The van der Waals surface area contributed by atoms with Crippen molar-refractivity contribution in [1.82, 2.24) is 9.88 Å². The van der Waals surface area contributed by atoms with Crippen LogP contribution in [0.5, 0.6) is 0 Å². The van der Waals surface area contributed by atoms with Crippen molar-refractivity contribution < 1.29 is 12.9 Å². The molecule has 3 aromatic rings. The van der Waals surface area contributed by atoms with E-state index < -0.39 is 10.0 Å². The minimum absolute atomic E-state index is 0.217. The van der Waals surface area contributed by atoms with Crippen molar-refractivity contribution in [3.63, 3.8) is 0 Å². The van der Waals surface area contributed by atoms with Gasteiger partial charge in [-0.25, -0.2) is 13.1 Å². The lowest BCUT2D eigenvalue weighted by molar-refractivity contribution is 0.388. The second-order valence-corrected chi connectivity index (χ2v) is 7.39. The van der Waals surface area contributed by atoms with Gasteiger partial charge >= 0.3 is 0 Å². The molecule has 2 aromatic carbocycles. The number of aromatic nitrogens is 1. The summed E-state index contributed by atoms with van der Waals surface area (Å²) in [7, 11) is -3.51. The minimum Gasteiger partial charge on any atom is -0.360 e. The van der Waals surface area contributed by atoms with Crippen LogP contribution in [0, 0.1) is 6.92 Å². The van der Waals surface area contributed by atoms with E-state index in [1.165, 1.54) is 0 Å². The van der Waals surface area contributed by atoms with E-state index in [0.717, 1.165) is 16.3 Å². The Morgan fingerprint density at radius 3 is 2.57 bits per heavy atom. The Hall–Kier alpha value is -2.18. The van der Waals surface area contributed by atoms with E-state index in [4.69, 9.17) is 4.52 Å². The first-order valence-corrected chi connectivity index (χ1v) is 8.99. The number of aryl methyl sites for hydroxylation is 1. The van der Waals surface area contributed by atoms with Crippen LogP contribution in [0.1, 0.15) is 30.0 Å². The molecule has 0 aliphatic rings. The van der Waals surface area contributed by atoms with Gasteiger partial charge in [0.25, 0.3) is 0 Å². The minimum atomic E-state index is -3.51. The van der Waals surface area contributed by atoms with Gasteiger partial charge in [-0.2, -0.15) is 0 Å². The molecule has 23 heavy (non-hydrogen) atoms. The summed E-state index contributed by atoms with van der Waals surface area (Å²) in [5.41, 5.74) is 1.58. The molecule has 5 nitrogen and oxygen atoms in total. The molecule has 120 valence electrons. The van der Waals surface area contributed by atoms with Gasteiger partial charge in [-0.1, -0.05) is 41.6 Å². The van der Waals surface area contributed by atoms with Crippen LogP contribution in [0.2, 0.25) is 0 Å². The van der Waals surface area contributed by atoms with Crippen LogP contribution in [-0.2, 0) is 15.8 Å². The molecule has 6 heteroatoms. The average molecular weight is 330 g/mol. The second-order valence-electron chi connectivity index (χ2n) is 5.64. The molecule has 1 aromatic heterocycles. The largest absolute Gasteiger partial charge is 0.360 e. The van der Waals surface area contributed by atoms with E-state index in [2.05, 4.69) is 9.88 Å². The first-order chi connectivity index (χ1) is 10.9. The highest BCUT2D eigenvalue weighted by atomic mass is 32.2. The Balaban J connectivity index is 1.77. The maximum Gasteiger partial charge on any atom is 0.219 e. The van der Waals surface area contributed by atoms with E-state index in [9.17, 15) is 8.42 Å². The number of sulfonamides is 1. The van der Waals surface area contributed by atoms with E-state index >= 15 is 0 Å². The summed E-state index contributed by atoms with van der Waals surface area (Å²) >= 11 is 0. The van der Waals surface area contributed by atoms with Gasteiger partial charge in [-0.15, -0.1) is 0 Å². The van der Waals surface area contributed by atoms with E-state index in [0.29, 0.717) is 11.5 Å². The van der Waals surface area contributed by atoms with E-state index in [1.807, 2.05) is 49.4 Å². The number of nitrogens with zero attached hydrogens (tertiary/aromatic N) is 1. The van der Waals surface area contributed by atoms with Crippen LogP contribution < -0.4 is 4.72 Å². The summed E-state index contributed by atoms with van der Waals surface area (Å²) < 4.78 is 32.2. The summed E-state index contributed by atoms with van der Waals surface area (Å²) in [4.78, 5) is 0. The first kappa shape index (κ1) is 15.7. The van der Waals surface area contributed by atoms with Crippen molar-refractivity contribution >= 4 is 20.8 Å². The smallest absolute Gasteiger partial charge is 0.219 e. The Bertz CT molecular complexity index is 932. The SMILES string of the molecule is Cc1cc(CS(=O)(=O)N[C@@H](C)c2ccc3ccccc3c2)on1. The topological polar surface area (TPSA) is 72.2 Å². The number of rotatable bonds is 5. The van der Waals surface area contributed by atoms with Crippen molar-refractivity contribution in [3.8, 4) is 0 Å². The van der Waals surface area contributed by atoms with Crippen molar-refractivity contribution in [2.75, 3.05) is 0 Å². The molecule has 0 spiro atoms. The number of nitrogens with one attached hydrogen (secondary N) is 1. The molecule has 1 atom stereocenters. The van der Waals surface area contributed by atoms with Gasteiger partial charge in [-0.3, -0.25) is 0 Å². The fourth-order valence-corrected chi connectivity index (χ4v) is 3.80. The molecular weight excluding hydrogens is 312 g/mol. The van der Waals surface area contributed by atoms with E-state index in [-0.39, 0.29) is 11.8 Å². The highest BCUT2D eigenvalue weighted by Crippen LogP contribution is 2.21. The van der Waals surface area contributed by atoms with Gasteiger partial charge in [0.1, 0.15) is 5.75 Å². The number of hydrogen-bond donors (Lipinski definition) is 1. The maximum absolute atomic E-state index is 12.3. The van der Waals surface area contributed by atoms with Gasteiger partial charge in [0.15, 0.2) is 5.76 Å². The molecule has 0 radical (unpaired) electrons. The van der Waals surface area contributed by atoms with Gasteiger partial charge in [-0.05, 0) is 36.2 Å². The van der Waals surface area contributed by atoms with Crippen LogP contribution in [0.25, 0.3) is 10.8 Å². The fraction of sp³-hybridized carbons (Fsp3) is 0.235. The van der Waals surface area contributed by atoms with Crippen molar-refractivity contribution in [3.05, 3.63) is 65.5 Å². The first-order valence-electron chi connectivity index (χ1n) is 7.34. The maximum atomic E-state index is 12.3. The second kappa shape index (κ2) is 6.14. The summed E-state index contributed by atoms with van der Waals surface area (Å²) in [6.07, 6.45) is 0. The van der Waals surface area contributed by atoms with Gasteiger partial charge in [0, 0.05) is 12.1 Å². The normalized spacial score (nSPS) is 13.3. The molecule has 0 saturated carbocycles. The van der Waals surface area contributed by atoms with Crippen molar-refractivity contribution in [1.29, 1.82) is 0 Å². The summed E-state index contributed by atoms with van der Waals surface area (Å²) in [5.74, 6) is 0.117. The lowest BCUT2D eigenvalue weighted by Crippen LogP contribution is -2.28. The number of benzene rings is 2. The number of hydrogen-bond acceptors (Lipinski definition) is 4. The molecule has 0 unspecified atom stereocenters. The van der Waals surface area contributed by atoms with Gasteiger partial charge in [0.05, 0.1) is 5.69 Å². The zero-order chi connectivity index (χ0) is 16.4. The van der Waals surface area contributed by atoms with E-state index in [1.54, 1.807) is 13.0 Å². The zero-order valence-corrected chi connectivity index (χ0v) is 13.8. The molecule has 0 amide bonds. The number of fused-ring (bicyclic) bond motifs is 1. The molecule has 0 aliphatic carbocycles. The van der Waals surface area contributed by atoms with Crippen LogP contribution in [0.3, 0.4) is 0 Å². The van der Waals surface area contributed by atoms with Crippen molar-refractivity contribution in [2.24, 2.45) is 0 Å². The van der Waals surface area contributed by atoms with Gasteiger partial charge in [0.2, 0.25) is 10.0 Å². The lowest BCUT2D eigenvalue weighted by Gasteiger charge is -2.14. The molecule has 0 bridgehead atoms. The highest BCUT2D eigenvalue weighted by molar-refractivity contribution is 7.88. The Morgan fingerprint density at radius 2 is 1.87 bits per heavy atom. The summed E-state index contributed by atoms with van der Waals surface area (Å²) in [5, 5.41) is 5.92. The molecule has 1 N–H and O–H groups in total. The third-order valence-corrected chi connectivity index (χ3v) is 5.02. The Morgan fingerprint density at radius 1 is 1.13 bits per heavy atom. The quantitative estimate of drug-likeness (QED) is 0.779. The standard InChI is InChI=1S/C17H18N2O3S/c1-12-9-17(22-18-12)11-23(20,21)19-13(2)15-8-7-14-5-3-4-6-16(14)10-15/h3-10,13,19H,11H2,1-2H3/t13-/m0/s1. The monoisotopic (exact) mass is 330 g/mol. The molecule has 0 fully saturated rings. The van der Waals surface area contributed by atoms with Gasteiger partial charge < -0.3 is 4.52 Å². The third kappa shape index (κ3) is 3.78. The third-order valence-electron chi connectivity index (χ3n) is 3.64. The average Bonchev–Trinajstić information content (AvgIpc) is 2.90. The molecule has 0 saturated heterocycles. The predicted octanol–water partition coefficient (Wildman–Crippen LogP) is 3.32. The zero-order valence-electron chi connectivity index (χ0n) is 13.0. The van der Waals surface area contributed by atoms with Crippen LogP contribution in [-0.4, -0.2) is 13.6 Å². The van der Waals surface area contributed by atoms with Crippen LogP contribution >= 0.6 is 0 Å². The molecule has 3 rings (SSSR count). The molecule has 0 aliphatic heterocycles. The highest BCUT2D eigenvalue weighted by Gasteiger charge is 2.19. The van der Waals surface area contributed by atoms with Crippen molar-refractivity contribution in [2.45, 2.75) is 25.6 Å². The van der Waals surface area contributed by atoms with Crippen LogP contribution in [0.4, 0.5) is 0 Å².